The summed E-state index contributed by atoms with van der Waals surface area (Å²) >= 11 is 0. The van der Waals surface area contributed by atoms with Crippen molar-refractivity contribution >= 4 is 5.97 Å². The molecular weight excluding hydrogens is 447 g/mol. The van der Waals surface area contributed by atoms with Crippen LogP contribution in [0.1, 0.15) is 30.9 Å². The molecule has 0 amide bonds. The van der Waals surface area contributed by atoms with E-state index in [-0.39, 0.29) is 5.56 Å². The molecule has 8 heteroatoms. The third-order valence-electron chi connectivity index (χ3n) is 5.64. The van der Waals surface area contributed by atoms with Gasteiger partial charge in [0.05, 0.1) is 12.0 Å². The van der Waals surface area contributed by atoms with Gasteiger partial charge in [-0.1, -0.05) is 50.2 Å². The van der Waals surface area contributed by atoms with Crippen LogP contribution in [0.15, 0.2) is 72.8 Å². The topological polar surface area (TPSA) is 79.5 Å². The number of alkyl halides is 2. The Labute approximate surface area is 195 Å². The molecular formula is C26H22F3NO4. The maximum absolute atomic E-state index is 14.6. The molecule has 3 rings (SSSR count). The minimum atomic E-state index is -3.24. The molecule has 1 N–H and O–H groups in total. The van der Waals surface area contributed by atoms with E-state index in [0.717, 1.165) is 12.1 Å². The molecule has 0 heterocycles. The smallest absolute Gasteiger partial charge is 0.387 e. The lowest BCUT2D eigenvalue weighted by Crippen LogP contribution is -2.46. The number of halogens is 3. The first-order valence-corrected chi connectivity index (χ1v) is 10.4. The fourth-order valence-electron chi connectivity index (χ4n) is 4.10. The maximum atomic E-state index is 14.6. The van der Waals surface area contributed by atoms with E-state index < -0.39 is 41.4 Å². The quantitative estimate of drug-likeness (QED) is 0.387. The number of rotatable bonds is 9. The van der Waals surface area contributed by atoms with Crippen LogP contribution in [0.3, 0.4) is 0 Å². The Hall–Kier alpha value is -3.99. The van der Waals surface area contributed by atoms with Crippen molar-refractivity contribution in [1.82, 2.24) is 0 Å². The molecule has 5 nitrogen and oxygen atoms in total. The third kappa shape index (κ3) is 4.84. The predicted octanol–water partition coefficient (Wildman–Crippen LogP) is 6.51. The summed E-state index contributed by atoms with van der Waals surface area (Å²) in [5.41, 5.74) is -1.60. The van der Waals surface area contributed by atoms with Crippen molar-refractivity contribution in [2.75, 3.05) is 0 Å². The van der Waals surface area contributed by atoms with Gasteiger partial charge < -0.3 is 14.6 Å². The zero-order valence-corrected chi connectivity index (χ0v) is 18.4. The minimum Gasteiger partial charge on any atom is -0.481 e. The van der Waals surface area contributed by atoms with Crippen molar-refractivity contribution in [3.8, 4) is 23.3 Å². The van der Waals surface area contributed by atoms with Crippen molar-refractivity contribution in [1.29, 1.82) is 5.26 Å². The van der Waals surface area contributed by atoms with Gasteiger partial charge in [-0.25, -0.2) is 4.39 Å². The Morgan fingerprint density at radius 3 is 2.24 bits per heavy atom. The highest BCUT2D eigenvalue weighted by Gasteiger charge is 2.51. The molecule has 176 valence electrons. The van der Waals surface area contributed by atoms with E-state index >= 15 is 0 Å². The normalized spacial score (nSPS) is 13.7. The molecule has 0 aliphatic heterocycles. The number of hydrogen-bond donors (Lipinski definition) is 1. The van der Waals surface area contributed by atoms with Gasteiger partial charge in [0.25, 0.3) is 0 Å². The molecule has 0 saturated heterocycles. The van der Waals surface area contributed by atoms with Gasteiger partial charge in [-0.2, -0.15) is 14.0 Å². The molecule has 2 unspecified atom stereocenters. The number of nitrogens with zero attached hydrogens (tertiary/aromatic N) is 1. The number of benzene rings is 3. The number of para-hydroxylation sites is 1. The van der Waals surface area contributed by atoms with Crippen LogP contribution in [0.5, 0.6) is 17.2 Å². The number of carboxylic acid groups (broad SMARTS) is 1. The SMILES string of the molecule is CC(C)C(C(=O)O)(c1ccc(OC(F)F)c(F)c1)C(C#N)c1cccc(Oc2ccccc2)c1. The van der Waals surface area contributed by atoms with Crippen LogP contribution in [0.2, 0.25) is 0 Å². The minimum absolute atomic E-state index is 0.0463. The van der Waals surface area contributed by atoms with Gasteiger partial charge in [-0.05, 0) is 53.4 Å². The van der Waals surface area contributed by atoms with Crippen LogP contribution in [0.4, 0.5) is 13.2 Å². The summed E-state index contributed by atoms with van der Waals surface area (Å²) in [5, 5.41) is 20.5. The highest BCUT2D eigenvalue weighted by atomic mass is 19.3. The van der Waals surface area contributed by atoms with Gasteiger partial charge in [0.1, 0.15) is 16.9 Å². The first-order chi connectivity index (χ1) is 16.2. The first kappa shape index (κ1) is 24.6. The van der Waals surface area contributed by atoms with Gasteiger partial charge in [0.15, 0.2) is 11.6 Å². The lowest BCUT2D eigenvalue weighted by Gasteiger charge is -2.38. The lowest BCUT2D eigenvalue weighted by atomic mass is 9.62. The number of nitriles is 1. The van der Waals surface area contributed by atoms with Crippen molar-refractivity contribution < 1.29 is 32.5 Å². The van der Waals surface area contributed by atoms with Crippen LogP contribution >= 0.6 is 0 Å². The molecule has 0 aromatic heterocycles. The standard InChI is InChI=1S/C26H22F3NO4/c1-16(2)26(24(31)32,18-11-12-23(22(27)14-18)34-25(28)29)21(15-30)17-7-6-10-20(13-17)33-19-8-4-3-5-9-19/h3-14,16,21,25H,1-2H3,(H,31,32). The highest BCUT2D eigenvalue weighted by Crippen LogP contribution is 2.46. The Balaban J connectivity index is 2.12. The van der Waals surface area contributed by atoms with E-state index in [0.29, 0.717) is 17.1 Å². The van der Waals surface area contributed by atoms with Crippen molar-refractivity contribution in [2.45, 2.75) is 31.8 Å². The van der Waals surface area contributed by atoms with E-state index in [1.807, 2.05) is 6.07 Å². The molecule has 0 aliphatic carbocycles. The Morgan fingerprint density at radius 1 is 1.00 bits per heavy atom. The molecule has 0 fully saturated rings. The molecule has 3 aromatic rings. The molecule has 3 aromatic carbocycles. The van der Waals surface area contributed by atoms with Crippen LogP contribution in [0.25, 0.3) is 0 Å². The second-order valence-corrected chi connectivity index (χ2v) is 7.90. The van der Waals surface area contributed by atoms with Gasteiger partial charge in [0, 0.05) is 0 Å². The van der Waals surface area contributed by atoms with Crippen LogP contribution in [-0.4, -0.2) is 17.7 Å². The lowest BCUT2D eigenvalue weighted by molar-refractivity contribution is -0.146. The first-order valence-electron chi connectivity index (χ1n) is 10.4. The molecule has 0 aliphatic rings. The summed E-state index contributed by atoms with van der Waals surface area (Å²) in [4.78, 5) is 12.7. The number of carbonyl (C=O) groups is 1. The second kappa shape index (κ2) is 10.3. The van der Waals surface area contributed by atoms with E-state index in [1.54, 1.807) is 62.4 Å². The Morgan fingerprint density at radius 2 is 1.68 bits per heavy atom. The monoisotopic (exact) mass is 469 g/mol. The average molecular weight is 469 g/mol. The number of hydrogen-bond acceptors (Lipinski definition) is 4. The number of aliphatic carboxylic acids is 1. The summed E-state index contributed by atoms with van der Waals surface area (Å²) in [6, 6.07) is 20.4. The summed E-state index contributed by atoms with van der Waals surface area (Å²) < 4.78 is 49.7. The van der Waals surface area contributed by atoms with E-state index in [9.17, 15) is 28.3 Å². The van der Waals surface area contributed by atoms with Crippen molar-refractivity contribution in [2.24, 2.45) is 5.92 Å². The van der Waals surface area contributed by atoms with E-state index in [4.69, 9.17) is 4.74 Å². The van der Waals surface area contributed by atoms with Crippen molar-refractivity contribution in [3.63, 3.8) is 0 Å². The van der Waals surface area contributed by atoms with Gasteiger partial charge >= 0.3 is 12.6 Å². The van der Waals surface area contributed by atoms with Crippen LogP contribution in [0, 0.1) is 23.1 Å². The molecule has 0 bridgehead atoms. The molecule has 34 heavy (non-hydrogen) atoms. The van der Waals surface area contributed by atoms with Gasteiger partial charge in [-0.3, -0.25) is 4.79 Å². The van der Waals surface area contributed by atoms with Gasteiger partial charge in [0.2, 0.25) is 0 Å². The van der Waals surface area contributed by atoms with Crippen LogP contribution in [-0.2, 0) is 10.2 Å². The largest absolute Gasteiger partial charge is 0.481 e. The third-order valence-corrected chi connectivity index (χ3v) is 5.64. The van der Waals surface area contributed by atoms with E-state index in [1.165, 1.54) is 6.07 Å². The molecule has 2 atom stereocenters. The number of carboxylic acids is 1. The van der Waals surface area contributed by atoms with Gasteiger partial charge in [-0.15, -0.1) is 0 Å². The molecule has 0 spiro atoms. The highest BCUT2D eigenvalue weighted by molar-refractivity contribution is 5.84. The summed E-state index contributed by atoms with van der Waals surface area (Å²) in [5.74, 6) is -4.22. The summed E-state index contributed by atoms with van der Waals surface area (Å²) in [6.07, 6.45) is 0. The zero-order chi connectivity index (χ0) is 24.9. The Kier molecular flexibility index (Phi) is 7.47. The summed E-state index contributed by atoms with van der Waals surface area (Å²) in [7, 11) is 0. The maximum Gasteiger partial charge on any atom is 0.387 e. The zero-order valence-electron chi connectivity index (χ0n) is 18.4. The predicted molar refractivity (Wildman–Crippen MR) is 118 cm³/mol. The molecule has 0 saturated carbocycles. The Bertz CT molecular complexity index is 1190. The second-order valence-electron chi connectivity index (χ2n) is 7.90. The van der Waals surface area contributed by atoms with Crippen LogP contribution < -0.4 is 9.47 Å². The molecule has 0 radical (unpaired) electrons. The van der Waals surface area contributed by atoms with Crippen molar-refractivity contribution in [3.05, 3.63) is 89.7 Å². The fourth-order valence-corrected chi connectivity index (χ4v) is 4.10. The fraction of sp³-hybridized carbons (Fsp3) is 0.231. The average Bonchev–Trinajstić information content (AvgIpc) is 2.79. The summed E-state index contributed by atoms with van der Waals surface area (Å²) in [6.45, 7) is -0.0389. The number of ether oxygens (including phenoxy) is 2. The van der Waals surface area contributed by atoms with E-state index in [2.05, 4.69) is 10.8 Å².